The van der Waals surface area contributed by atoms with E-state index < -0.39 is 41.6 Å². The Bertz CT molecular complexity index is 1000. The van der Waals surface area contributed by atoms with E-state index in [9.17, 15) is 23.2 Å². The molecule has 28 heavy (non-hydrogen) atoms. The summed E-state index contributed by atoms with van der Waals surface area (Å²) in [5.41, 5.74) is -1.47. The van der Waals surface area contributed by atoms with Crippen LogP contribution < -0.4 is 10.6 Å². The van der Waals surface area contributed by atoms with Gasteiger partial charge in [-0.25, -0.2) is 13.6 Å². The number of benzene rings is 2. The first-order valence-electron chi connectivity index (χ1n) is 7.96. The Kier molecular flexibility index (Phi) is 5.27. The van der Waals surface area contributed by atoms with E-state index in [-0.39, 0.29) is 10.7 Å². The molecule has 0 radical (unpaired) electrons. The molecule has 4 amide bonds. The van der Waals surface area contributed by atoms with E-state index in [4.69, 9.17) is 23.2 Å². The van der Waals surface area contributed by atoms with Crippen LogP contribution in [0.1, 0.15) is 12.5 Å². The minimum Gasteiger partial charge on any atom is -0.322 e. The van der Waals surface area contributed by atoms with Crippen molar-refractivity contribution in [2.24, 2.45) is 0 Å². The molecule has 1 aliphatic rings. The molecule has 1 heterocycles. The Morgan fingerprint density at radius 3 is 2.54 bits per heavy atom. The lowest BCUT2D eigenvalue weighted by atomic mass is 9.92. The van der Waals surface area contributed by atoms with Crippen LogP contribution in [0.5, 0.6) is 0 Å². The second kappa shape index (κ2) is 7.37. The molecule has 2 aromatic rings. The van der Waals surface area contributed by atoms with Gasteiger partial charge in [-0.3, -0.25) is 14.5 Å². The SMILES string of the molecule is C[C@@]1(c2ccc(Cl)cc2Cl)NC(=O)N(CC(=O)Nc2ccc(F)cc2F)C1=O. The van der Waals surface area contributed by atoms with Gasteiger partial charge in [0.25, 0.3) is 5.91 Å². The predicted octanol–water partition coefficient (Wildman–Crippen LogP) is 3.68. The second-order valence-corrected chi connectivity index (χ2v) is 7.09. The number of imide groups is 1. The fourth-order valence-corrected chi connectivity index (χ4v) is 3.44. The number of halogens is 4. The van der Waals surface area contributed by atoms with Gasteiger partial charge in [0.05, 0.1) is 5.69 Å². The molecule has 0 bridgehead atoms. The van der Waals surface area contributed by atoms with E-state index in [0.717, 1.165) is 12.1 Å². The van der Waals surface area contributed by atoms with Gasteiger partial charge in [0.2, 0.25) is 5.91 Å². The smallest absolute Gasteiger partial charge is 0.322 e. The zero-order valence-corrected chi connectivity index (χ0v) is 15.9. The quantitative estimate of drug-likeness (QED) is 0.730. The molecule has 1 saturated heterocycles. The van der Waals surface area contributed by atoms with Crippen molar-refractivity contribution in [2.45, 2.75) is 12.5 Å². The Morgan fingerprint density at radius 1 is 1.18 bits per heavy atom. The van der Waals surface area contributed by atoms with Crippen LogP contribution >= 0.6 is 23.2 Å². The van der Waals surface area contributed by atoms with Crippen LogP contribution in [0.3, 0.4) is 0 Å². The molecule has 1 atom stereocenters. The van der Waals surface area contributed by atoms with Gasteiger partial charge in [-0.05, 0) is 31.2 Å². The van der Waals surface area contributed by atoms with Crippen molar-refractivity contribution in [3.8, 4) is 0 Å². The van der Waals surface area contributed by atoms with Gasteiger partial charge in [-0.2, -0.15) is 0 Å². The molecule has 0 saturated carbocycles. The van der Waals surface area contributed by atoms with E-state index >= 15 is 0 Å². The first-order chi connectivity index (χ1) is 13.1. The number of anilines is 1. The van der Waals surface area contributed by atoms with Gasteiger partial charge in [0, 0.05) is 21.7 Å². The maximum absolute atomic E-state index is 13.7. The molecule has 2 N–H and O–H groups in total. The summed E-state index contributed by atoms with van der Waals surface area (Å²) < 4.78 is 26.6. The van der Waals surface area contributed by atoms with Crippen LogP contribution in [-0.2, 0) is 15.1 Å². The van der Waals surface area contributed by atoms with Gasteiger partial charge in [0.1, 0.15) is 23.7 Å². The number of carbonyl (C=O) groups is 3. The maximum Gasteiger partial charge on any atom is 0.325 e. The average molecular weight is 428 g/mol. The van der Waals surface area contributed by atoms with Crippen molar-refractivity contribution in [3.63, 3.8) is 0 Å². The van der Waals surface area contributed by atoms with Gasteiger partial charge in [-0.15, -0.1) is 0 Å². The van der Waals surface area contributed by atoms with E-state index in [2.05, 4.69) is 10.6 Å². The third kappa shape index (κ3) is 3.65. The monoisotopic (exact) mass is 427 g/mol. The predicted molar refractivity (Wildman–Crippen MR) is 99.0 cm³/mol. The third-order valence-corrected chi connectivity index (χ3v) is 4.80. The molecule has 0 aromatic heterocycles. The minimum atomic E-state index is -1.50. The van der Waals surface area contributed by atoms with E-state index in [1.807, 2.05) is 0 Å². The minimum absolute atomic E-state index is 0.170. The molecule has 1 aliphatic heterocycles. The summed E-state index contributed by atoms with van der Waals surface area (Å²) in [5.74, 6) is -3.33. The lowest BCUT2D eigenvalue weighted by molar-refractivity contribution is -0.133. The Morgan fingerprint density at radius 2 is 1.89 bits per heavy atom. The fourth-order valence-electron chi connectivity index (χ4n) is 2.84. The zero-order valence-electron chi connectivity index (χ0n) is 14.4. The number of rotatable bonds is 4. The van der Waals surface area contributed by atoms with Gasteiger partial charge >= 0.3 is 6.03 Å². The zero-order chi connectivity index (χ0) is 20.6. The summed E-state index contributed by atoms with van der Waals surface area (Å²) >= 11 is 12.0. The molecule has 146 valence electrons. The number of nitrogens with one attached hydrogen (secondary N) is 2. The summed E-state index contributed by atoms with van der Waals surface area (Å²) in [5, 5.41) is 5.22. The number of hydrogen-bond acceptors (Lipinski definition) is 3. The van der Waals surface area contributed by atoms with Crippen LogP contribution in [0.15, 0.2) is 36.4 Å². The molecule has 10 heteroatoms. The van der Waals surface area contributed by atoms with E-state index in [0.29, 0.717) is 21.6 Å². The highest BCUT2D eigenvalue weighted by molar-refractivity contribution is 6.35. The molecule has 0 aliphatic carbocycles. The topological polar surface area (TPSA) is 78.5 Å². The van der Waals surface area contributed by atoms with Crippen LogP contribution in [0.25, 0.3) is 0 Å². The number of carbonyl (C=O) groups excluding carboxylic acids is 3. The van der Waals surface area contributed by atoms with Crippen molar-refractivity contribution in [2.75, 3.05) is 11.9 Å². The van der Waals surface area contributed by atoms with Crippen LogP contribution in [0.4, 0.5) is 19.3 Å². The first-order valence-corrected chi connectivity index (χ1v) is 8.72. The summed E-state index contributed by atoms with van der Waals surface area (Å²) in [6.07, 6.45) is 0. The van der Waals surface area contributed by atoms with Crippen LogP contribution in [-0.4, -0.2) is 29.3 Å². The molecule has 6 nitrogen and oxygen atoms in total. The summed E-state index contributed by atoms with van der Waals surface area (Å²) in [6.45, 7) is 0.780. The molecule has 1 fully saturated rings. The Hall–Kier alpha value is -2.71. The standard InChI is InChI=1S/C18H13Cl2F2N3O3/c1-18(11-4-2-9(19)6-12(11)20)16(27)25(17(28)24-18)8-15(26)23-14-5-3-10(21)7-13(14)22/h2-7H,8H2,1H3,(H,23,26)(H,24,28)/t18-/m0/s1. The lowest BCUT2D eigenvalue weighted by Gasteiger charge is -2.23. The lowest BCUT2D eigenvalue weighted by Crippen LogP contribution is -2.42. The van der Waals surface area contributed by atoms with Gasteiger partial charge in [-0.1, -0.05) is 29.3 Å². The third-order valence-electron chi connectivity index (χ3n) is 4.25. The van der Waals surface area contributed by atoms with Gasteiger partial charge in [0.15, 0.2) is 0 Å². The molecular weight excluding hydrogens is 415 g/mol. The Labute approximate surface area is 168 Å². The summed E-state index contributed by atoms with van der Waals surface area (Å²) in [4.78, 5) is 37.9. The van der Waals surface area contributed by atoms with E-state index in [1.54, 1.807) is 0 Å². The number of nitrogens with zero attached hydrogens (tertiary/aromatic N) is 1. The average Bonchev–Trinajstić information content (AvgIpc) is 2.81. The summed E-state index contributed by atoms with van der Waals surface area (Å²) in [6, 6.07) is 6.23. The first kappa shape index (κ1) is 20.0. The normalized spacial score (nSPS) is 19.0. The molecule has 0 spiro atoms. The van der Waals surface area contributed by atoms with Gasteiger partial charge < -0.3 is 10.6 Å². The number of amides is 4. The van der Waals surface area contributed by atoms with Crippen molar-refractivity contribution in [1.29, 1.82) is 0 Å². The maximum atomic E-state index is 13.7. The molecule has 0 unspecified atom stereocenters. The highest BCUT2D eigenvalue weighted by Gasteiger charge is 2.50. The second-order valence-electron chi connectivity index (χ2n) is 6.24. The molecule has 3 rings (SSSR count). The van der Waals surface area contributed by atoms with Crippen molar-refractivity contribution >= 4 is 46.7 Å². The largest absolute Gasteiger partial charge is 0.325 e. The van der Waals surface area contributed by atoms with Crippen LogP contribution in [0.2, 0.25) is 10.0 Å². The Balaban J connectivity index is 1.79. The van der Waals surface area contributed by atoms with Crippen molar-refractivity contribution in [1.82, 2.24) is 10.2 Å². The van der Waals surface area contributed by atoms with E-state index in [1.165, 1.54) is 25.1 Å². The number of hydrogen-bond donors (Lipinski definition) is 2. The van der Waals surface area contributed by atoms with Crippen LogP contribution in [0, 0.1) is 11.6 Å². The summed E-state index contributed by atoms with van der Waals surface area (Å²) in [7, 11) is 0. The van der Waals surface area contributed by atoms with Crippen molar-refractivity contribution < 1.29 is 23.2 Å². The van der Waals surface area contributed by atoms with Crippen molar-refractivity contribution in [3.05, 3.63) is 63.6 Å². The highest BCUT2D eigenvalue weighted by atomic mass is 35.5. The highest BCUT2D eigenvalue weighted by Crippen LogP contribution is 2.34. The molecule has 2 aromatic carbocycles. The fraction of sp³-hybridized carbons (Fsp3) is 0.167. The number of urea groups is 1. The molecular formula is C18H13Cl2F2N3O3.